The number of sulfonamides is 1. The van der Waals surface area contributed by atoms with Crippen LogP contribution in [0.25, 0.3) is 0 Å². The van der Waals surface area contributed by atoms with Crippen LogP contribution in [0.5, 0.6) is 0 Å². The molecule has 1 aromatic heterocycles. The van der Waals surface area contributed by atoms with Gasteiger partial charge in [0.2, 0.25) is 0 Å². The molecule has 6 heteroatoms. The number of hydrogen-bond acceptors (Lipinski definition) is 4. The standard InChI is InChI=1S/C15H25N3O2S/c1-15(2)9-5-4-6-13(15)18-21(19,20)14-8-7-12(10-16-3)11-17-14/h7-8,11,13,16,18H,4-6,9-10H2,1-3H3. The maximum atomic E-state index is 12.5. The van der Waals surface area contributed by atoms with Gasteiger partial charge in [-0.3, -0.25) is 0 Å². The number of pyridine rings is 1. The third-order valence-corrected chi connectivity index (χ3v) is 5.65. The smallest absolute Gasteiger partial charge is 0.258 e. The van der Waals surface area contributed by atoms with E-state index in [1.807, 2.05) is 7.05 Å². The molecule has 2 rings (SSSR count). The molecule has 0 spiro atoms. The first-order valence-corrected chi connectivity index (χ1v) is 8.95. The molecule has 1 heterocycles. The van der Waals surface area contributed by atoms with Crippen molar-refractivity contribution in [1.29, 1.82) is 0 Å². The first-order valence-electron chi connectivity index (χ1n) is 7.47. The highest BCUT2D eigenvalue weighted by Gasteiger charge is 2.35. The van der Waals surface area contributed by atoms with Gasteiger partial charge in [-0.05, 0) is 36.9 Å². The van der Waals surface area contributed by atoms with Gasteiger partial charge in [-0.25, -0.2) is 18.1 Å². The number of nitrogens with zero attached hydrogens (tertiary/aromatic N) is 1. The van der Waals surface area contributed by atoms with Crippen LogP contribution in [0.3, 0.4) is 0 Å². The molecule has 0 amide bonds. The zero-order valence-corrected chi connectivity index (χ0v) is 13.8. The van der Waals surface area contributed by atoms with E-state index in [0.29, 0.717) is 6.54 Å². The van der Waals surface area contributed by atoms with E-state index in [1.54, 1.807) is 18.3 Å². The molecule has 0 saturated heterocycles. The summed E-state index contributed by atoms with van der Waals surface area (Å²) in [5.41, 5.74) is 0.964. The first kappa shape index (κ1) is 16.4. The molecule has 1 unspecified atom stereocenters. The molecule has 1 atom stereocenters. The van der Waals surface area contributed by atoms with Crippen molar-refractivity contribution in [3.8, 4) is 0 Å². The summed E-state index contributed by atoms with van der Waals surface area (Å²) >= 11 is 0. The van der Waals surface area contributed by atoms with Crippen LogP contribution in [0.1, 0.15) is 45.1 Å². The number of rotatable bonds is 5. The van der Waals surface area contributed by atoms with E-state index in [9.17, 15) is 8.42 Å². The molecule has 1 aliphatic carbocycles. The molecule has 118 valence electrons. The summed E-state index contributed by atoms with van der Waals surface area (Å²) < 4.78 is 27.8. The third-order valence-electron chi connectivity index (χ3n) is 4.26. The summed E-state index contributed by atoms with van der Waals surface area (Å²) in [6.45, 7) is 4.93. The summed E-state index contributed by atoms with van der Waals surface area (Å²) in [5.74, 6) is 0. The van der Waals surface area contributed by atoms with Crippen LogP contribution in [0.15, 0.2) is 23.4 Å². The first-order chi connectivity index (χ1) is 9.85. The van der Waals surface area contributed by atoms with Crippen LogP contribution in [-0.4, -0.2) is 26.5 Å². The molecule has 0 bridgehead atoms. The number of nitrogens with one attached hydrogen (secondary N) is 2. The summed E-state index contributed by atoms with van der Waals surface area (Å²) in [5, 5.41) is 3.11. The number of aromatic nitrogens is 1. The maximum Gasteiger partial charge on any atom is 0.258 e. The highest BCUT2D eigenvalue weighted by molar-refractivity contribution is 7.89. The van der Waals surface area contributed by atoms with Crippen molar-refractivity contribution in [2.24, 2.45) is 5.41 Å². The Kier molecular flexibility index (Phi) is 5.01. The normalized spacial score (nSPS) is 22.1. The Labute approximate surface area is 127 Å². The van der Waals surface area contributed by atoms with Gasteiger partial charge < -0.3 is 5.32 Å². The van der Waals surface area contributed by atoms with Crippen molar-refractivity contribution < 1.29 is 8.42 Å². The van der Waals surface area contributed by atoms with E-state index in [2.05, 4.69) is 28.9 Å². The SMILES string of the molecule is CNCc1ccc(S(=O)(=O)NC2CCCCC2(C)C)nc1. The lowest BCUT2D eigenvalue weighted by Gasteiger charge is -2.38. The van der Waals surface area contributed by atoms with Crippen LogP contribution in [0.4, 0.5) is 0 Å². The molecule has 1 aliphatic rings. The van der Waals surface area contributed by atoms with Crippen molar-refractivity contribution in [3.63, 3.8) is 0 Å². The summed E-state index contributed by atoms with van der Waals surface area (Å²) in [7, 11) is -1.70. The van der Waals surface area contributed by atoms with Crippen molar-refractivity contribution in [1.82, 2.24) is 15.0 Å². The topological polar surface area (TPSA) is 71.1 Å². The molecule has 1 aromatic rings. The average Bonchev–Trinajstić information content (AvgIpc) is 2.42. The highest BCUT2D eigenvalue weighted by Crippen LogP contribution is 2.36. The second-order valence-electron chi connectivity index (χ2n) is 6.44. The van der Waals surface area contributed by atoms with Gasteiger partial charge in [-0.1, -0.05) is 32.8 Å². The lowest BCUT2D eigenvalue weighted by molar-refractivity contribution is 0.188. The Hall–Kier alpha value is -0.980. The molecule has 21 heavy (non-hydrogen) atoms. The van der Waals surface area contributed by atoms with E-state index in [1.165, 1.54) is 6.42 Å². The third kappa shape index (κ3) is 4.02. The second kappa shape index (κ2) is 6.42. The minimum absolute atomic E-state index is 0.00259. The quantitative estimate of drug-likeness (QED) is 0.873. The van der Waals surface area contributed by atoms with Gasteiger partial charge in [0.05, 0.1) is 0 Å². The van der Waals surface area contributed by atoms with Gasteiger partial charge in [-0.2, -0.15) is 0 Å². The maximum absolute atomic E-state index is 12.5. The highest BCUT2D eigenvalue weighted by atomic mass is 32.2. The average molecular weight is 311 g/mol. The molecular weight excluding hydrogens is 286 g/mol. The lowest BCUT2D eigenvalue weighted by atomic mass is 9.74. The predicted octanol–water partition coefficient (Wildman–Crippen LogP) is 2.05. The monoisotopic (exact) mass is 311 g/mol. The van der Waals surface area contributed by atoms with E-state index < -0.39 is 10.0 Å². The largest absolute Gasteiger partial charge is 0.316 e. The van der Waals surface area contributed by atoms with Crippen LogP contribution in [0.2, 0.25) is 0 Å². The summed E-state index contributed by atoms with van der Waals surface area (Å²) in [6, 6.07) is 3.35. The Morgan fingerprint density at radius 3 is 2.67 bits per heavy atom. The predicted molar refractivity (Wildman–Crippen MR) is 83.4 cm³/mol. The minimum atomic E-state index is -3.54. The van der Waals surface area contributed by atoms with Crippen LogP contribution in [0, 0.1) is 5.41 Å². The second-order valence-corrected chi connectivity index (χ2v) is 8.10. The van der Waals surface area contributed by atoms with Gasteiger partial charge in [0, 0.05) is 18.8 Å². The van der Waals surface area contributed by atoms with Crippen molar-refractivity contribution >= 4 is 10.0 Å². The number of hydrogen-bond donors (Lipinski definition) is 2. The fourth-order valence-corrected chi connectivity index (χ4v) is 4.21. The van der Waals surface area contributed by atoms with Crippen molar-refractivity contribution in [2.75, 3.05) is 7.05 Å². The van der Waals surface area contributed by atoms with E-state index in [4.69, 9.17) is 0 Å². The fourth-order valence-electron chi connectivity index (χ4n) is 2.84. The van der Waals surface area contributed by atoms with Crippen LogP contribution in [-0.2, 0) is 16.6 Å². The molecule has 1 saturated carbocycles. The molecule has 2 N–H and O–H groups in total. The Bertz CT molecular complexity index is 567. The van der Waals surface area contributed by atoms with Gasteiger partial charge in [0.15, 0.2) is 5.03 Å². The van der Waals surface area contributed by atoms with E-state index in [-0.39, 0.29) is 16.5 Å². The molecule has 0 radical (unpaired) electrons. The van der Waals surface area contributed by atoms with E-state index >= 15 is 0 Å². The Morgan fingerprint density at radius 2 is 2.10 bits per heavy atom. The van der Waals surface area contributed by atoms with Gasteiger partial charge in [-0.15, -0.1) is 0 Å². The fraction of sp³-hybridized carbons (Fsp3) is 0.667. The minimum Gasteiger partial charge on any atom is -0.316 e. The van der Waals surface area contributed by atoms with Crippen LogP contribution < -0.4 is 10.0 Å². The molecule has 0 aromatic carbocycles. The van der Waals surface area contributed by atoms with Gasteiger partial charge >= 0.3 is 0 Å². The summed E-state index contributed by atoms with van der Waals surface area (Å²) in [4.78, 5) is 4.09. The lowest BCUT2D eigenvalue weighted by Crippen LogP contribution is -2.46. The van der Waals surface area contributed by atoms with Gasteiger partial charge in [0.1, 0.15) is 0 Å². The molecule has 5 nitrogen and oxygen atoms in total. The molecule has 0 aliphatic heterocycles. The van der Waals surface area contributed by atoms with Crippen LogP contribution >= 0.6 is 0 Å². The zero-order chi connectivity index (χ0) is 15.5. The van der Waals surface area contributed by atoms with Gasteiger partial charge in [0.25, 0.3) is 10.0 Å². The Morgan fingerprint density at radius 1 is 1.33 bits per heavy atom. The van der Waals surface area contributed by atoms with Crippen molar-refractivity contribution in [3.05, 3.63) is 23.9 Å². The Balaban J connectivity index is 2.14. The molecular formula is C15H25N3O2S. The molecule has 1 fully saturated rings. The van der Waals surface area contributed by atoms with E-state index in [0.717, 1.165) is 24.8 Å². The van der Waals surface area contributed by atoms with Crippen molar-refractivity contribution in [2.45, 2.75) is 57.1 Å². The summed E-state index contributed by atoms with van der Waals surface area (Å²) in [6.07, 6.45) is 5.79. The zero-order valence-electron chi connectivity index (χ0n) is 13.0.